The highest BCUT2D eigenvalue weighted by Gasteiger charge is 2.17. The van der Waals surface area contributed by atoms with Crippen molar-refractivity contribution in [3.63, 3.8) is 0 Å². The second-order valence-electron chi connectivity index (χ2n) is 4.72. The molecule has 122 valence electrons. The highest BCUT2D eigenvalue weighted by molar-refractivity contribution is 7.17. The molecule has 0 radical (unpaired) electrons. The summed E-state index contributed by atoms with van der Waals surface area (Å²) in [4.78, 5) is 25.8. The summed E-state index contributed by atoms with van der Waals surface area (Å²) in [5, 5.41) is 0. The SMILES string of the molecule is CCN(Cc1cccc(F)c1)C(=O)COC(=O)c1ccc(Cl)s1. The first-order valence-corrected chi connectivity index (χ1v) is 8.13. The number of carbonyl (C=O) groups excluding carboxylic acids is 2. The Morgan fingerprint density at radius 2 is 2.09 bits per heavy atom. The third kappa shape index (κ3) is 5.04. The second kappa shape index (κ2) is 8.08. The lowest BCUT2D eigenvalue weighted by molar-refractivity contribution is -0.134. The van der Waals surface area contributed by atoms with Crippen LogP contribution in [0.2, 0.25) is 4.34 Å². The summed E-state index contributed by atoms with van der Waals surface area (Å²) in [6, 6.07) is 9.17. The number of benzene rings is 1. The molecule has 1 aromatic carbocycles. The van der Waals surface area contributed by atoms with Gasteiger partial charge in [0, 0.05) is 13.1 Å². The Morgan fingerprint density at radius 1 is 1.30 bits per heavy atom. The van der Waals surface area contributed by atoms with Gasteiger partial charge in [-0.1, -0.05) is 23.7 Å². The molecule has 7 heteroatoms. The molecule has 0 bridgehead atoms. The molecule has 0 atom stereocenters. The van der Waals surface area contributed by atoms with Gasteiger partial charge in [-0.2, -0.15) is 0 Å². The lowest BCUT2D eigenvalue weighted by atomic mass is 10.2. The van der Waals surface area contributed by atoms with E-state index in [0.29, 0.717) is 21.3 Å². The summed E-state index contributed by atoms with van der Waals surface area (Å²) in [7, 11) is 0. The van der Waals surface area contributed by atoms with Gasteiger partial charge in [0.05, 0.1) is 4.34 Å². The molecular weight excluding hydrogens is 341 g/mol. The minimum absolute atomic E-state index is 0.259. The van der Waals surface area contributed by atoms with Crippen molar-refractivity contribution in [2.45, 2.75) is 13.5 Å². The Labute approximate surface area is 142 Å². The summed E-state index contributed by atoms with van der Waals surface area (Å²) < 4.78 is 18.7. The van der Waals surface area contributed by atoms with Crippen molar-refractivity contribution in [3.05, 3.63) is 57.0 Å². The van der Waals surface area contributed by atoms with Crippen LogP contribution in [-0.2, 0) is 16.1 Å². The fourth-order valence-electron chi connectivity index (χ4n) is 1.95. The minimum atomic E-state index is -0.586. The number of hydrogen-bond acceptors (Lipinski definition) is 4. The van der Waals surface area contributed by atoms with Gasteiger partial charge in [-0.05, 0) is 36.8 Å². The molecule has 0 N–H and O–H groups in total. The van der Waals surface area contributed by atoms with E-state index >= 15 is 0 Å². The van der Waals surface area contributed by atoms with Crippen molar-refractivity contribution in [2.75, 3.05) is 13.2 Å². The maximum atomic E-state index is 13.2. The maximum Gasteiger partial charge on any atom is 0.348 e. The Balaban J connectivity index is 1.91. The Morgan fingerprint density at radius 3 is 2.70 bits per heavy atom. The number of hydrogen-bond donors (Lipinski definition) is 0. The van der Waals surface area contributed by atoms with E-state index in [9.17, 15) is 14.0 Å². The van der Waals surface area contributed by atoms with Gasteiger partial charge < -0.3 is 9.64 Å². The van der Waals surface area contributed by atoms with E-state index in [1.54, 1.807) is 31.2 Å². The average Bonchev–Trinajstić information content (AvgIpc) is 2.96. The standard InChI is InChI=1S/C16H15ClFNO3S/c1-2-19(9-11-4-3-5-12(18)8-11)15(20)10-22-16(21)13-6-7-14(17)23-13/h3-8H,2,9-10H2,1H3. The molecule has 0 saturated carbocycles. The van der Waals surface area contributed by atoms with E-state index in [-0.39, 0.29) is 24.9 Å². The molecule has 2 aromatic rings. The zero-order valence-corrected chi connectivity index (χ0v) is 14.0. The van der Waals surface area contributed by atoms with Crippen LogP contribution in [-0.4, -0.2) is 29.9 Å². The predicted octanol–water partition coefficient (Wildman–Crippen LogP) is 3.75. The topological polar surface area (TPSA) is 46.6 Å². The molecule has 4 nitrogen and oxygen atoms in total. The first-order chi connectivity index (χ1) is 11.0. The number of amides is 1. The molecular formula is C16H15ClFNO3S. The normalized spacial score (nSPS) is 10.4. The van der Waals surface area contributed by atoms with Crippen LogP contribution < -0.4 is 0 Å². The second-order valence-corrected chi connectivity index (χ2v) is 6.43. The summed E-state index contributed by atoms with van der Waals surface area (Å²) in [6.45, 7) is 2.13. The monoisotopic (exact) mass is 355 g/mol. The van der Waals surface area contributed by atoms with E-state index < -0.39 is 5.97 Å². The molecule has 0 aliphatic carbocycles. The quantitative estimate of drug-likeness (QED) is 0.741. The fraction of sp³-hybridized carbons (Fsp3) is 0.250. The Bertz CT molecular complexity index is 704. The van der Waals surface area contributed by atoms with Crippen LogP contribution in [0.15, 0.2) is 36.4 Å². The lowest BCUT2D eigenvalue weighted by Crippen LogP contribution is -2.34. The maximum absolute atomic E-state index is 13.2. The van der Waals surface area contributed by atoms with Gasteiger partial charge in [-0.15, -0.1) is 11.3 Å². The van der Waals surface area contributed by atoms with Crippen LogP contribution in [0.25, 0.3) is 0 Å². The van der Waals surface area contributed by atoms with Gasteiger partial charge in [0.15, 0.2) is 6.61 Å². The number of ether oxygens (including phenoxy) is 1. The molecule has 1 heterocycles. The van der Waals surface area contributed by atoms with Crippen molar-refractivity contribution in [2.24, 2.45) is 0 Å². The lowest BCUT2D eigenvalue weighted by Gasteiger charge is -2.20. The Hall–Kier alpha value is -1.92. The van der Waals surface area contributed by atoms with Crippen LogP contribution in [0.3, 0.4) is 0 Å². The van der Waals surface area contributed by atoms with Crippen molar-refractivity contribution in [1.82, 2.24) is 4.90 Å². The number of likely N-dealkylation sites (N-methyl/N-ethyl adjacent to an activating group) is 1. The number of carbonyl (C=O) groups is 2. The van der Waals surface area contributed by atoms with Crippen molar-refractivity contribution in [3.8, 4) is 0 Å². The predicted molar refractivity (Wildman–Crippen MR) is 87.1 cm³/mol. The number of halogens is 2. The largest absolute Gasteiger partial charge is 0.451 e. The van der Waals surface area contributed by atoms with Crippen LogP contribution in [0.5, 0.6) is 0 Å². The van der Waals surface area contributed by atoms with Gasteiger partial charge in [-0.3, -0.25) is 4.79 Å². The fourth-order valence-corrected chi connectivity index (χ4v) is 2.88. The highest BCUT2D eigenvalue weighted by Crippen LogP contribution is 2.22. The first-order valence-electron chi connectivity index (χ1n) is 6.94. The van der Waals surface area contributed by atoms with Crippen LogP contribution in [0, 0.1) is 5.82 Å². The summed E-state index contributed by atoms with van der Waals surface area (Å²) in [6.07, 6.45) is 0. The van der Waals surface area contributed by atoms with Crippen LogP contribution in [0.4, 0.5) is 4.39 Å². The Kier molecular flexibility index (Phi) is 6.12. The molecule has 1 amide bonds. The van der Waals surface area contributed by atoms with Gasteiger partial charge in [0.25, 0.3) is 5.91 Å². The third-order valence-corrected chi connectivity index (χ3v) is 4.31. The van der Waals surface area contributed by atoms with Crippen LogP contribution in [0.1, 0.15) is 22.2 Å². The molecule has 0 aliphatic rings. The zero-order valence-electron chi connectivity index (χ0n) is 12.4. The van der Waals surface area contributed by atoms with E-state index in [1.165, 1.54) is 17.0 Å². The number of esters is 1. The van der Waals surface area contributed by atoms with Crippen molar-refractivity contribution in [1.29, 1.82) is 0 Å². The van der Waals surface area contributed by atoms with E-state index in [0.717, 1.165) is 11.3 Å². The number of rotatable bonds is 6. The van der Waals surface area contributed by atoms with Gasteiger partial charge in [0.2, 0.25) is 0 Å². The summed E-state index contributed by atoms with van der Waals surface area (Å²) in [5.74, 6) is -1.28. The van der Waals surface area contributed by atoms with Gasteiger partial charge >= 0.3 is 5.97 Å². The molecule has 0 unspecified atom stereocenters. The number of nitrogens with zero attached hydrogens (tertiary/aromatic N) is 1. The smallest absolute Gasteiger partial charge is 0.348 e. The van der Waals surface area contributed by atoms with E-state index in [2.05, 4.69) is 0 Å². The minimum Gasteiger partial charge on any atom is -0.451 e. The molecule has 1 aromatic heterocycles. The zero-order chi connectivity index (χ0) is 16.8. The number of thiophene rings is 1. The van der Waals surface area contributed by atoms with E-state index in [1.807, 2.05) is 0 Å². The molecule has 0 fully saturated rings. The van der Waals surface area contributed by atoms with E-state index in [4.69, 9.17) is 16.3 Å². The summed E-state index contributed by atoms with van der Waals surface area (Å²) >= 11 is 6.84. The molecule has 2 rings (SSSR count). The average molecular weight is 356 g/mol. The van der Waals surface area contributed by atoms with Crippen molar-refractivity contribution >= 4 is 34.8 Å². The molecule has 0 spiro atoms. The van der Waals surface area contributed by atoms with Gasteiger partial charge in [-0.25, -0.2) is 9.18 Å². The first kappa shape index (κ1) is 17.4. The third-order valence-electron chi connectivity index (χ3n) is 3.10. The van der Waals surface area contributed by atoms with Gasteiger partial charge in [0.1, 0.15) is 10.7 Å². The summed E-state index contributed by atoms with van der Waals surface area (Å²) in [5.41, 5.74) is 0.677. The molecule has 0 aliphatic heterocycles. The van der Waals surface area contributed by atoms with Crippen molar-refractivity contribution < 1.29 is 18.7 Å². The van der Waals surface area contributed by atoms with Crippen LogP contribution >= 0.6 is 22.9 Å². The molecule has 23 heavy (non-hydrogen) atoms. The molecule has 0 saturated heterocycles. The highest BCUT2D eigenvalue weighted by atomic mass is 35.5.